The summed E-state index contributed by atoms with van der Waals surface area (Å²) >= 11 is 0. The van der Waals surface area contributed by atoms with Gasteiger partial charge in [-0.15, -0.1) is 0 Å². The van der Waals surface area contributed by atoms with Crippen LogP contribution in [0.4, 0.5) is 0 Å². The first-order valence-corrected chi connectivity index (χ1v) is 16.3. The zero-order valence-electron chi connectivity index (χ0n) is 27.8. The van der Waals surface area contributed by atoms with Gasteiger partial charge >= 0.3 is 0 Å². The molecule has 0 aliphatic carbocycles. The number of hydrogen-bond donors (Lipinski definition) is 9. The molecule has 3 heterocycles. The first-order valence-electron chi connectivity index (χ1n) is 16.3. The Bertz CT molecular complexity index is 2090. The molecule has 0 aliphatic heterocycles. The fourth-order valence-corrected chi connectivity index (χ4v) is 5.86. The fourth-order valence-electron chi connectivity index (χ4n) is 5.86. The van der Waals surface area contributed by atoms with Crippen molar-refractivity contribution in [1.29, 1.82) is 0 Å². The van der Waals surface area contributed by atoms with Crippen molar-refractivity contribution in [1.82, 2.24) is 36.5 Å². The number of aromatic hydroxyl groups is 3. The highest BCUT2D eigenvalue weighted by Crippen LogP contribution is 2.27. The van der Waals surface area contributed by atoms with Gasteiger partial charge in [0, 0.05) is 16.2 Å². The van der Waals surface area contributed by atoms with E-state index in [1.165, 1.54) is 18.2 Å². The molecule has 0 atom stereocenters. The Morgan fingerprint density at radius 3 is 1.08 bits per heavy atom. The molecule has 0 spiro atoms. The molecule has 0 aliphatic rings. The van der Waals surface area contributed by atoms with Gasteiger partial charge in [-0.1, -0.05) is 36.4 Å². The minimum atomic E-state index is -0.883. The lowest BCUT2D eigenvalue weighted by atomic mass is 10.1. The van der Waals surface area contributed by atoms with E-state index in [2.05, 4.69) is 31.2 Å². The average Bonchev–Trinajstić information content (AvgIpc) is 3.11. The van der Waals surface area contributed by atoms with Crippen molar-refractivity contribution in [3.05, 3.63) is 107 Å². The van der Waals surface area contributed by atoms with Gasteiger partial charge in [-0.3, -0.25) is 14.4 Å². The summed E-state index contributed by atoms with van der Waals surface area (Å²) in [4.78, 5) is 55.1. The molecule has 6 aromatic rings. The lowest BCUT2D eigenvalue weighted by Crippen LogP contribution is -2.61. The Morgan fingerprint density at radius 1 is 0.519 bits per heavy atom. The van der Waals surface area contributed by atoms with Gasteiger partial charge in [0.1, 0.15) is 50.9 Å². The van der Waals surface area contributed by atoms with Crippen LogP contribution in [0.3, 0.4) is 0 Å². The van der Waals surface area contributed by atoms with Crippen LogP contribution in [0.5, 0.6) is 17.2 Å². The second-order valence-electron chi connectivity index (χ2n) is 11.8. The van der Waals surface area contributed by atoms with Gasteiger partial charge in [0.05, 0.1) is 0 Å². The number of rotatable bonds is 12. The summed E-state index contributed by atoms with van der Waals surface area (Å²) in [5.74, 6) is -3.15. The van der Waals surface area contributed by atoms with Crippen LogP contribution < -0.4 is 33.5 Å². The van der Waals surface area contributed by atoms with E-state index in [4.69, 9.17) is 17.2 Å². The number of pyridine rings is 3. The van der Waals surface area contributed by atoms with Gasteiger partial charge in [0.15, 0.2) is 0 Å². The van der Waals surface area contributed by atoms with Crippen molar-refractivity contribution >= 4 is 50.4 Å². The molecule has 266 valence electrons. The summed E-state index contributed by atoms with van der Waals surface area (Å²) in [6.07, 6.45) is 0.708. The van der Waals surface area contributed by atoms with E-state index in [0.717, 1.165) is 0 Å². The van der Waals surface area contributed by atoms with Crippen molar-refractivity contribution in [2.75, 3.05) is 19.6 Å². The van der Waals surface area contributed by atoms with E-state index in [9.17, 15) is 29.7 Å². The molecule has 0 radical (unpaired) electrons. The number of phenolic OH excluding ortho intramolecular Hbond substituents is 3. The molecule has 16 nitrogen and oxygen atoms in total. The Balaban J connectivity index is 1.41. The fraction of sp³-hybridized carbons (Fsp3) is 0.167. The molecule has 12 N–H and O–H groups in total. The molecular formula is C36H36N10O6. The van der Waals surface area contributed by atoms with Crippen LogP contribution in [0.25, 0.3) is 32.7 Å². The zero-order valence-corrected chi connectivity index (χ0v) is 27.8. The molecule has 3 aromatic carbocycles. The molecule has 6 rings (SSSR count). The van der Waals surface area contributed by atoms with Crippen molar-refractivity contribution in [2.45, 2.75) is 19.3 Å². The predicted octanol–water partition coefficient (Wildman–Crippen LogP) is 1.59. The lowest BCUT2D eigenvalue weighted by molar-refractivity contribution is 0.0302. The second kappa shape index (κ2) is 15.2. The summed E-state index contributed by atoms with van der Waals surface area (Å²) in [6.45, 7) is 0.495. The van der Waals surface area contributed by atoms with E-state index in [0.29, 0.717) is 38.1 Å². The van der Waals surface area contributed by atoms with E-state index in [-0.39, 0.29) is 89.8 Å². The minimum Gasteiger partial charge on any atom is -0.506 e. The molecule has 0 unspecified atom stereocenters. The van der Waals surface area contributed by atoms with Crippen molar-refractivity contribution in [3.63, 3.8) is 0 Å². The summed E-state index contributed by atoms with van der Waals surface area (Å²) in [5, 5.41) is 33.8. The Hall–Kier alpha value is -6.46. The molecule has 3 amide bonds. The van der Waals surface area contributed by atoms with Gasteiger partial charge in [-0.25, -0.2) is 31.2 Å². The number of nitrogens with zero attached hydrogens (tertiary/aromatic N) is 4. The molecule has 0 bridgehead atoms. The van der Waals surface area contributed by atoms with Crippen LogP contribution in [0.2, 0.25) is 0 Å². The maximum atomic E-state index is 13.9. The van der Waals surface area contributed by atoms with E-state index in [1.807, 2.05) is 0 Å². The average molecular weight is 705 g/mol. The summed E-state index contributed by atoms with van der Waals surface area (Å²) in [5.41, 5.74) is 26.2. The van der Waals surface area contributed by atoms with Crippen molar-refractivity contribution in [2.24, 2.45) is 17.2 Å². The highest BCUT2D eigenvalue weighted by atomic mass is 16.3. The lowest BCUT2D eigenvalue weighted by Gasteiger charge is -2.25. The number of hydrazine groups is 3. The van der Waals surface area contributed by atoms with Crippen LogP contribution in [-0.2, 0) is 19.3 Å². The minimum absolute atomic E-state index is 0.136. The number of carbonyl (C=O) groups excluding carboxylic acids is 3. The number of benzene rings is 3. The van der Waals surface area contributed by atoms with Gasteiger partial charge < -0.3 is 32.5 Å². The first kappa shape index (κ1) is 35.4. The van der Waals surface area contributed by atoms with Crippen LogP contribution in [0.15, 0.2) is 72.8 Å². The number of hydrogen-bond acceptors (Lipinski definition) is 13. The van der Waals surface area contributed by atoms with Gasteiger partial charge in [0.25, 0.3) is 17.7 Å². The number of nitrogens with one attached hydrogen (secondary N) is 3. The van der Waals surface area contributed by atoms with E-state index < -0.39 is 17.7 Å². The first-order chi connectivity index (χ1) is 25.1. The Morgan fingerprint density at radius 2 is 0.808 bits per heavy atom. The quantitative estimate of drug-likeness (QED) is 0.0820. The standard InChI is InChI=1S/C36H36N10O6/c37-13-10-22-16-19-4-1-7-25(47)28(19)40-31(22)34(50)43-46(44-35(51)32-23(11-14-38)17-20-5-2-8-26(48)29(20)41-32)45-36(52)33-24(12-15-39)18-21-6-3-9-27(49)30(21)42-33/h1-9,16-18,47-49H,10-15,37-39H2,(H,43,50)(H,44,51)(H,45,52). The second-order valence-corrected chi connectivity index (χ2v) is 11.8. The molecule has 52 heavy (non-hydrogen) atoms. The number of carbonyl (C=O) groups is 3. The summed E-state index contributed by atoms with van der Waals surface area (Å²) in [6, 6.07) is 19.3. The number of phenols is 3. The van der Waals surface area contributed by atoms with Crippen LogP contribution in [0.1, 0.15) is 48.2 Å². The highest BCUT2D eigenvalue weighted by Gasteiger charge is 2.26. The third-order valence-corrected chi connectivity index (χ3v) is 8.24. The molecule has 3 aromatic heterocycles. The van der Waals surface area contributed by atoms with Crippen molar-refractivity contribution < 1.29 is 29.7 Å². The number of amides is 3. The number of fused-ring (bicyclic) bond motifs is 3. The molecule has 0 saturated heterocycles. The van der Waals surface area contributed by atoms with Gasteiger partial charge in [0.2, 0.25) is 0 Å². The third-order valence-electron chi connectivity index (χ3n) is 8.24. The topological polar surface area (TPSA) is 268 Å². The predicted molar refractivity (Wildman–Crippen MR) is 193 cm³/mol. The number of nitrogens with two attached hydrogens (primary N) is 3. The summed E-state index contributed by atoms with van der Waals surface area (Å²) in [7, 11) is 0. The Labute approximate surface area is 296 Å². The van der Waals surface area contributed by atoms with Crippen LogP contribution >= 0.6 is 0 Å². The summed E-state index contributed by atoms with van der Waals surface area (Å²) < 4.78 is 0. The maximum Gasteiger partial charge on any atom is 0.287 e. The van der Waals surface area contributed by atoms with Gasteiger partial charge in [-0.2, -0.15) is 0 Å². The van der Waals surface area contributed by atoms with E-state index in [1.54, 1.807) is 54.6 Å². The largest absolute Gasteiger partial charge is 0.506 e. The number of para-hydroxylation sites is 3. The SMILES string of the molecule is NCCc1cc2cccc(O)c2nc1C(=O)NN(NC(=O)c1nc2c(O)cccc2cc1CCN)NC(=O)c1nc2c(O)cccc2cc1CCN. The van der Waals surface area contributed by atoms with Crippen molar-refractivity contribution in [3.8, 4) is 17.2 Å². The van der Waals surface area contributed by atoms with Crippen LogP contribution in [-0.4, -0.2) is 72.9 Å². The van der Waals surface area contributed by atoms with Gasteiger partial charge in [-0.05, 0) is 97.2 Å². The normalized spacial score (nSPS) is 11.3. The molecule has 0 fully saturated rings. The molecular weight excluding hydrogens is 668 g/mol. The third kappa shape index (κ3) is 7.21. The Kier molecular flexibility index (Phi) is 10.3. The number of aromatic nitrogens is 3. The van der Waals surface area contributed by atoms with Crippen LogP contribution in [0, 0.1) is 0 Å². The zero-order chi connectivity index (χ0) is 36.9. The highest BCUT2D eigenvalue weighted by molar-refractivity contribution is 6.01. The molecule has 16 heteroatoms. The van der Waals surface area contributed by atoms with E-state index >= 15 is 0 Å². The monoisotopic (exact) mass is 704 g/mol. The maximum absolute atomic E-state index is 13.9. The molecule has 0 saturated carbocycles. The smallest absolute Gasteiger partial charge is 0.287 e.